The molecule has 76 valence electrons. The predicted molar refractivity (Wildman–Crippen MR) is 58.8 cm³/mol. The Morgan fingerprint density at radius 3 is 2.31 bits per heavy atom. The zero-order chi connectivity index (χ0) is 9.84. The SMILES string of the molecule is C=CCN(C)C1C(C)CCCC1C. The standard InChI is InChI=1S/C12H23N/c1-5-9-13(4)12-10(2)7-6-8-11(12)3/h5,10-12H,1,6-9H2,2-4H3. The summed E-state index contributed by atoms with van der Waals surface area (Å²) in [6.45, 7) is 9.61. The van der Waals surface area contributed by atoms with Crippen LogP contribution in [-0.2, 0) is 0 Å². The summed E-state index contributed by atoms with van der Waals surface area (Å²) in [7, 11) is 2.23. The maximum Gasteiger partial charge on any atom is 0.0160 e. The van der Waals surface area contributed by atoms with Gasteiger partial charge in [-0.05, 0) is 31.7 Å². The largest absolute Gasteiger partial charge is 0.299 e. The van der Waals surface area contributed by atoms with Crippen molar-refractivity contribution in [2.24, 2.45) is 11.8 Å². The Kier molecular flexibility index (Phi) is 3.98. The maximum atomic E-state index is 3.80. The molecular weight excluding hydrogens is 158 g/mol. The monoisotopic (exact) mass is 181 g/mol. The average Bonchev–Trinajstić information content (AvgIpc) is 2.04. The third-order valence-electron chi connectivity index (χ3n) is 3.41. The molecule has 0 N–H and O–H groups in total. The van der Waals surface area contributed by atoms with Crippen LogP contribution >= 0.6 is 0 Å². The molecule has 1 fully saturated rings. The molecule has 0 aromatic heterocycles. The number of hydrogen-bond donors (Lipinski definition) is 0. The molecule has 0 spiro atoms. The van der Waals surface area contributed by atoms with Crippen molar-refractivity contribution in [2.75, 3.05) is 13.6 Å². The van der Waals surface area contributed by atoms with Gasteiger partial charge in [-0.15, -0.1) is 6.58 Å². The fraction of sp³-hybridized carbons (Fsp3) is 0.833. The summed E-state index contributed by atoms with van der Waals surface area (Å²) in [6, 6.07) is 0.770. The molecule has 0 amide bonds. The summed E-state index contributed by atoms with van der Waals surface area (Å²) < 4.78 is 0. The molecule has 1 aliphatic rings. The van der Waals surface area contributed by atoms with Crippen LogP contribution in [0.3, 0.4) is 0 Å². The highest BCUT2D eigenvalue weighted by atomic mass is 15.1. The van der Waals surface area contributed by atoms with Gasteiger partial charge in [-0.2, -0.15) is 0 Å². The lowest BCUT2D eigenvalue weighted by molar-refractivity contribution is 0.101. The minimum atomic E-state index is 0.770. The topological polar surface area (TPSA) is 3.24 Å². The Balaban J connectivity index is 2.56. The molecular formula is C12H23N. The van der Waals surface area contributed by atoms with E-state index in [0.717, 1.165) is 24.4 Å². The van der Waals surface area contributed by atoms with Gasteiger partial charge < -0.3 is 0 Å². The van der Waals surface area contributed by atoms with Gasteiger partial charge in [0.15, 0.2) is 0 Å². The Labute approximate surface area is 82.8 Å². The molecule has 13 heavy (non-hydrogen) atoms. The van der Waals surface area contributed by atoms with Gasteiger partial charge >= 0.3 is 0 Å². The zero-order valence-electron chi connectivity index (χ0n) is 9.29. The quantitative estimate of drug-likeness (QED) is 0.605. The van der Waals surface area contributed by atoms with Crippen LogP contribution in [0, 0.1) is 11.8 Å². The molecule has 1 aliphatic carbocycles. The third-order valence-corrected chi connectivity index (χ3v) is 3.41. The highest BCUT2D eigenvalue weighted by molar-refractivity contribution is 4.86. The second-order valence-electron chi connectivity index (χ2n) is 4.60. The van der Waals surface area contributed by atoms with Crippen molar-refractivity contribution in [3.8, 4) is 0 Å². The minimum absolute atomic E-state index is 0.770. The van der Waals surface area contributed by atoms with Gasteiger partial charge in [0.05, 0.1) is 0 Å². The van der Waals surface area contributed by atoms with Crippen LogP contribution in [0.5, 0.6) is 0 Å². The summed E-state index contributed by atoms with van der Waals surface area (Å²) in [5.74, 6) is 1.71. The lowest BCUT2D eigenvalue weighted by Gasteiger charge is -2.40. The summed E-state index contributed by atoms with van der Waals surface area (Å²) in [6.07, 6.45) is 6.22. The summed E-state index contributed by atoms with van der Waals surface area (Å²) in [5, 5.41) is 0. The Hall–Kier alpha value is -0.300. The number of hydrogen-bond acceptors (Lipinski definition) is 1. The molecule has 1 saturated carbocycles. The first-order chi connectivity index (χ1) is 6.16. The summed E-state index contributed by atoms with van der Waals surface area (Å²) in [4.78, 5) is 2.46. The Bertz CT molecular complexity index is 155. The first kappa shape index (κ1) is 10.8. The van der Waals surface area contributed by atoms with Crippen molar-refractivity contribution in [3.05, 3.63) is 12.7 Å². The van der Waals surface area contributed by atoms with Crippen LogP contribution in [0.1, 0.15) is 33.1 Å². The molecule has 0 saturated heterocycles. The smallest absolute Gasteiger partial charge is 0.0160 e. The van der Waals surface area contributed by atoms with E-state index >= 15 is 0 Å². The van der Waals surface area contributed by atoms with Gasteiger partial charge in [0.1, 0.15) is 0 Å². The van der Waals surface area contributed by atoms with E-state index in [1.54, 1.807) is 0 Å². The van der Waals surface area contributed by atoms with E-state index in [2.05, 4.69) is 32.4 Å². The fourth-order valence-corrected chi connectivity index (χ4v) is 2.86. The van der Waals surface area contributed by atoms with Crippen LogP contribution in [0.25, 0.3) is 0 Å². The Morgan fingerprint density at radius 2 is 1.85 bits per heavy atom. The number of likely N-dealkylation sites (N-methyl/N-ethyl adjacent to an activating group) is 1. The molecule has 2 atom stereocenters. The van der Waals surface area contributed by atoms with E-state index in [9.17, 15) is 0 Å². The second-order valence-corrected chi connectivity index (χ2v) is 4.60. The van der Waals surface area contributed by atoms with Gasteiger partial charge in [0.2, 0.25) is 0 Å². The van der Waals surface area contributed by atoms with Crippen LogP contribution in [0.2, 0.25) is 0 Å². The van der Waals surface area contributed by atoms with Gasteiger partial charge in [-0.25, -0.2) is 0 Å². The van der Waals surface area contributed by atoms with Crippen LogP contribution in [0.15, 0.2) is 12.7 Å². The maximum absolute atomic E-state index is 3.80. The van der Waals surface area contributed by atoms with E-state index in [-0.39, 0.29) is 0 Å². The van der Waals surface area contributed by atoms with E-state index in [0.29, 0.717) is 0 Å². The molecule has 1 rings (SSSR count). The summed E-state index contributed by atoms with van der Waals surface area (Å²) >= 11 is 0. The molecule has 0 radical (unpaired) electrons. The first-order valence-electron chi connectivity index (χ1n) is 5.48. The van der Waals surface area contributed by atoms with E-state index < -0.39 is 0 Å². The minimum Gasteiger partial charge on any atom is -0.299 e. The van der Waals surface area contributed by atoms with Crippen molar-refractivity contribution >= 4 is 0 Å². The van der Waals surface area contributed by atoms with Crippen molar-refractivity contribution in [3.63, 3.8) is 0 Å². The molecule has 0 bridgehead atoms. The molecule has 0 aromatic carbocycles. The average molecular weight is 181 g/mol. The van der Waals surface area contributed by atoms with Crippen molar-refractivity contribution in [1.82, 2.24) is 4.90 Å². The molecule has 1 nitrogen and oxygen atoms in total. The molecule has 0 aliphatic heterocycles. The van der Waals surface area contributed by atoms with Crippen LogP contribution in [-0.4, -0.2) is 24.5 Å². The van der Waals surface area contributed by atoms with Crippen LogP contribution in [0.4, 0.5) is 0 Å². The van der Waals surface area contributed by atoms with Gasteiger partial charge in [0, 0.05) is 12.6 Å². The first-order valence-corrected chi connectivity index (χ1v) is 5.48. The van der Waals surface area contributed by atoms with E-state index in [1.807, 2.05) is 6.08 Å². The molecule has 0 aromatic rings. The normalized spacial score (nSPS) is 34.9. The molecule has 0 heterocycles. The van der Waals surface area contributed by atoms with Gasteiger partial charge in [-0.3, -0.25) is 4.90 Å². The third kappa shape index (κ3) is 2.57. The van der Waals surface area contributed by atoms with Crippen molar-refractivity contribution in [1.29, 1.82) is 0 Å². The number of rotatable bonds is 3. The zero-order valence-corrected chi connectivity index (χ0v) is 9.29. The van der Waals surface area contributed by atoms with Gasteiger partial charge in [-0.1, -0.05) is 26.3 Å². The molecule has 1 heteroatoms. The highest BCUT2D eigenvalue weighted by Gasteiger charge is 2.29. The second kappa shape index (κ2) is 4.80. The predicted octanol–water partition coefficient (Wildman–Crippen LogP) is 2.93. The van der Waals surface area contributed by atoms with Crippen molar-refractivity contribution < 1.29 is 0 Å². The lowest BCUT2D eigenvalue weighted by atomic mass is 9.78. The molecule has 2 unspecified atom stereocenters. The van der Waals surface area contributed by atoms with Crippen LogP contribution < -0.4 is 0 Å². The van der Waals surface area contributed by atoms with E-state index in [1.165, 1.54) is 19.3 Å². The fourth-order valence-electron chi connectivity index (χ4n) is 2.86. The number of nitrogens with zero attached hydrogens (tertiary/aromatic N) is 1. The Morgan fingerprint density at radius 1 is 1.31 bits per heavy atom. The van der Waals surface area contributed by atoms with Crippen molar-refractivity contribution in [2.45, 2.75) is 39.2 Å². The van der Waals surface area contributed by atoms with E-state index in [4.69, 9.17) is 0 Å². The highest BCUT2D eigenvalue weighted by Crippen LogP contribution is 2.31. The van der Waals surface area contributed by atoms with Gasteiger partial charge in [0.25, 0.3) is 0 Å². The lowest BCUT2D eigenvalue weighted by Crippen LogP contribution is -2.44. The summed E-state index contributed by atoms with van der Waals surface area (Å²) in [5.41, 5.74) is 0.